The summed E-state index contributed by atoms with van der Waals surface area (Å²) < 4.78 is 12.6. The van der Waals surface area contributed by atoms with Gasteiger partial charge in [0.25, 0.3) is 5.91 Å². The number of carbonyl (C=O) groups is 1. The Bertz CT molecular complexity index is 110. The second-order valence-electron chi connectivity index (χ2n) is 1.74. The normalized spacial score (nSPS) is 12.7. The van der Waals surface area contributed by atoms with Crippen molar-refractivity contribution in [3.8, 4) is 0 Å². The summed E-state index contributed by atoms with van der Waals surface area (Å²) in [6, 6.07) is 0. The Hall–Kier alpha value is -0.250. The second kappa shape index (κ2) is 5.53. The van der Waals surface area contributed by atoms with Crippen LogP contribution < -0.4 is 5.32 Å². The topological polar surface area (TPSA) is 29.1 Å². The van der Waals surface area contributed by atoms with Crippen molar-refractivity contribution in [2.24, 2.45) is 0 Å². The van der Waals surface area contributed by atoms with Gasteiger partial charge in [0.05, 0.1) is 0 Å². The molecule has 0 fully saturated rings. The molecular formula is C6H12FNOS. The highest BCUT2D eigenvalue weighted by atomic mass is 32.2. The van der Waals surface area contributed by atoms with Crippen LogP contribution >= 0.6 is 11.8 Å². The lowest BCUT2D eigenvalue weighted by Gasteiger charge is -2.03. The lowest BCUT2D eigenvalue weighted by molar-refractivity contribution is -0.124. The highest BCUT2D eigenvalue weighted by Gasteiger charge is 2.13. The van der Waals surface area contributed by atoms with Gasteiger partial charge in [-0.15, -0.1) is 0 Å². The Balaban J connectivity index is 3.41. The summed E-state index contributed by atoms with van der Waals surface area (Å²) in [5.41, 5.74) is 0. The largest absolute Gasteiger partial charge is 0.357 e. The molecule has 0 saturated heterocycles. The molecule has 2 nitrogen and oxygen atoms in total. The zero-order valence-corrected chi connectivity index (χ0v) is 7.00. The van der Waals surface area contributed by atoms with Crippen LogP contribution in [0.1, 0.15) is 6.92 Å². The van der Waals surface area contributed by atoms with Crippen LogP contribution in [-0.4, -0.2) is 30.6 Å². The maximum Gasteiger partial charge on any atom is 0.255 e. The first-order chi connectivity index (χ1) is 4.72. The van der Waals surface area contributed by atoms with E-state index in [4.69, 9.17) is 0 Å². The van der Waals surface area contributed by atoms with Gasteiger partial charge in [-0.05, 0) is 5.75 Å². The number of hydrogen-bond acceptors (Lipinski definition) is 2. The molecule has 0 aromatic carbocycles. The molecule has 0 spiro atoms. The molecule has 0 bridgehead atoms. The fourth-order valence-electron chi connectivity index (χ4n) is 0.454. The first-order valence-corrected chi connectivity index (χ1v) is 4.31. The maximum atomic E-state index is 12.6. The van der Waals surface area contributed by atoms with Gasteiger partial charge in [0, 0.05) is 12.8 Å². The highest BCUT2D eigenvalue weighted by Crippen LogP contribution is 2.04. The van der Waals surface area contributed by atoms with Gasteiger partial charge in [0.2, 0.25) is 0 Å². The van der Waals surface area contributed by atoms with Crippen LogP contribution in [0.4, 0.5) is 4.39 Å². The Morgan fingerprint density at radius 3 is 2.80 bits per heavy atom. The lowest BCUT2D eigenvalue weighted by atomic mass is 10.4. The van der Waals surface area contributed by atoms with Crippen LogP contribution in [0.5, 0.6) is 0 Å². The van der Waals surface area contributed by atoms with Crippen molar-refractivity contribution < 1.29 is 9.18 Å². The van der Waals surface area contributed by atoms with E-state index in [1.807, 2.05) is 6.92 Å². The molecule has 0 aromatic heterocycles. The minimum atomic E-state index is -1.35. The minimum Gasteiger partial charge on any atom is -0.357 e. The van der Waals surface area contributed by atoms with E-state index in [1.54, 1.807) is 0 Å². The predicted octanol–water partition coefficient (Wildman–Crippen LogP) is 0.824. The molecule has 0 radical (unpaired) electrons. The Labute approximate surface area is 64.6 Å². The number of alkyl halides is 1. The molecule has 0 aliphatic carbocycles. The zero-order valence-electron chi connectivity index (χ0n) is 6.19. The average Bonchev–Trinajstić information content (AvgIpc) is 1.98. The summed E-state index contributed by atoms with van der Waals surface area (Å²) in [6.07, 6.45) is -1.35. The summed E-state index contributed by atoms with van der Waals surface area (Å²) in [5, 5.41) is 2.25. The van der Waals surface area contributed by atoms with Crippen molar-refractivity contribution >= 4 is 17.7 Å². The van der Waals surface area contributed by atoms with E-state index >= 15 is 0 Å². The third-order valence-electron chi connectivity index (χ3n) is 0.999. The third kappa shape index (κ3) is 3.71. The number of carbonyl (C=O) groups excluding carboxylic acids is 1. The van der Waals surface area contributed by atoms with Crippen molar-refractivity contribution in [1.29, 1.82) is 0 Å². The van der Waals surface area contributed by atoms with Crippen LogP contribution in [0, 0.1) is 0 Å². The van der Waals surface area contributed by atoms with E-state index < -0.39 is 12.1 Å². The summed E-state index contributed by atoms with van der Waals surface area (Å²) in [6.45, 7) is 1.93. The Kier molecular flexibility index (Phi) is 5.39. The molecule has 60 valence electrons. The third-order valence-corrected chi connectivity index (χ3v) is 1.94. The smallest absolute Gasteiger partial charge is 0.255 e. The number of amides is 1. The summed E-state index contributed by atoms with van der Waals surface area (Å²) >= 11 is 1.42. The van der Waals surface area contributed by atoms with E-state index in [0.29, 0.717) is 0 Å². The Morgan fingerprint density at radius 1 is 1.80 bits per heavy atom. The molecule has 1 unspecified atom stereocenters. The Morgan fingerprint density at radius 2 is 2.40 bits per heavy atom. The number of thioether (sulfide) groups is 1. The molecule has 4 heteroatoms. The quantitative estimate of drug-likeness (QED) is 0.668. The van der Waals surface area contributed by atoms with Crippen LogP contribution in [0.25, 0.3) is 0 Å². The molecule has 1 N–H and O–H groups in total. The predicted molar refractivity (Wildman–Crippen MR) is 42.0 cm³/mol. The molecule has 0 heterocycles. The van der Waals surface area contributed by atoms with E-state index in [-0.39, 0.29) is 5.75 Å². The molecule has 10 heavy (non-hydrogen) atoms. The van der Waals surface area contributed by atoms with Crippen molar-refractivity contribution in [2.75, 3.05) is 18.6 Å². The molecular weight excluding hydrogens is 153 g/mol. The monoisotopic (exact) mass is 165 g/mol. The first kappa shape index (κ1) is 9.75. The highest BCUT2D eigenvalue weighted by molar-refractivity contribution is 7.99. The fourth-order valence-corrected chi connectivity index (χ4v) is 1.05. The van der Waals surface area contributed by atoms with E-state index in [0.717, 1.165) is 5.75 Å². The lowest BCUT2D eigenvalue weighted by Crippen LogP contribution is -2.30. The van der Waals surface area contributed by atoms with Gasteiger partial charge in [0.15, 0.2) is 6.17 Å². The molecule has 0 aromatic rings. The van der Waals surface area contributed by atoms with Gasteiger partial charge < -0.3 is 5.32 Å². The van der Waals surface area contributed by atoms with Gasteiger partial charge in [-0.3, -0.25) is 4.79 Å². The fraction of sp³-hybridized carbons (Fsp3) is 0.833. The van der Waals surface area contributed by atoms with Crippen LogP contribution in [0.15, 0.2) is 0 Å². The van der Waals surface area contributed by atoms with Crippen LogP contribution in [0.3, 0.4) is 0 Å². The summed E-state index contributed by atoms with van der Waals surface area (Å²) in [4.78, 5) is 10.5. The van der Waals surface area contributed by atoms with Gasteiger partial charge in [-0.25, -0.2) is 4.39 Å². The molecule has 1 amide bonds. The second-order valence-corrected chi connectivity index (χ2v) is 3.06. The summed E-state index contributed by atoms with van der Waals surface area (Å²) in [7, 11) is 1.44. The van der Waals surface area contributed by atoms with Crippen molar-refractivity contribution in [3.05, 3.63) is 0 Å². The maximum absolute atomic E-state index is 12.6. The molecule has 1 atom stereocenters. The molecule has 0 rings (SSSR count). The molecule has 0 saturated carbocycles. The van der Waals surface area contributed by atoms with Crippen molar-refractivity contribution in [2.45, 2.75) is 13.1 Å². The van der Waals surface area contributed by atoms with Gasteiger partial charge in [0.1, 0.15) is 0 Å². The van der Waals surface area contributed by atoms with Gasteiger partial charge in [-0.2, -0.15) is 11.8 Å². The number of hydrogen-bond donors (Lipinski definition) is 1. The van der Waals surface area contributed by atoms with Crippen LogP contribution in [-0.2, 0) is 4.79 Å². The van der Waals surface area contributed by atoms with E-state index in [2.05, 4.69) is 5.32 Å². The van der Waals surface area contributed by atoms with Crippen molar-refractivity contribution in [1.82, 2.24) is 5.32 Å². The minimum absolute atomic E-state index is 0.260. The number of halogens is 1. The van der Waals surface area contributed by atoms with Crippen LogP contribution in [0.2, 0.25) is 0 Å². The number of rotatable bonds is 4. The summed E-state index contributed by atoms with van der Waals surface area (Å²) in [5.74, 6) is 0.578. The van der Waals surface area contributed by atoms with Crippen molar-refractivity contribution in [3.63, 3.8) is 0 Å². The SMILES string of the molecule is CCSCC(F)C(=O)NC. The van der Waals surface area contributed by atoms with Gasteiger partial charge in [-0.1, -0.05) is 6.92 Å². The molecule has 0 aliphatic heterocycles. The average molecular weight is 165 g/mol. The van der Waals surface area contributed by atoms with Gasteiger partial charge >= 0.3 is 0 Å². The molecule has 0 aliphatic rings. The number of nitrogens with one attached hydrogen (secondary N) is 1. The standard InChI is InChI=1S/C6H12FNOS/c1-3-10-4-5(7)6(9)8-2/h5H,3-4H2,1-2H3,(H,8,9). The van der Waals surface area contributed by atoms with E-state index in [1.165, 1.54) is 18.8 Å². The van der Waals surface area contributed by atoms with E-state index in [9.17, 15) is 9.18 Å². The first-order valence-electron chi connectivity index (χ1n) is 3.15. The zero-order chi connectivity index (χ0) is 7.98.